The molecule has 0 fully saturated rings. The van der Waals surface area contributed by atoms with Gasteiger partial charge in [0.05, 0.1) is 37.9 Å². The number of para-hydroxylation sites is 2. The molecule has 0 unspecified atom stereocenters. The summed E-state index contributed by atoms with van der Waals surface area (Å²) in [6.45, 7) is 3.52. The number of rotatable bonds is 9. The summed E-state index contributed by atoms with van der Waals surface area (Å²) in [5, 5.41) is 5.78. The van der Waals surface area contributed by atoms with Crippen molar-refractivity contribution in [2.75, 3.05) is 20.8 Å². The molecule has 2 aromatic heterocycles. The minimum atomic E-state index is -0.893. The average Bonchev–Trinajstić information content (AvgIpc) is 3.41. The molecule has 10 nitrogen and oxygen atoms in total. The molecule has 0 bridgehead atoms. The van der Waals surface area contributed by atoms with Crippen LogP contribution in [-0.2, 0) is 9.53 Å². The van der Waals surface area contributed by atoms with Gasteiger partial charge in [-0.05, 0) is 50.2 Å². The number of benzene rings is 3. The van der Waals surface area contributed by atoms with Crippen molar-refractivity contribution in [2.24, 2.45) is 5.10 Å². The summed E-state index contributed by atoms with van der Waals surface area (Å²) in [4.78, 5) is 30.4. The summed E-state index contributed by atoms with van der Waals surface area (Å²) in [7, 11) is 2.93. The van der Waals surface area contributed by atoms with E-state index in [1.807, 2.05) is 36.4 Å². The number of carbonyl (C=O) groups excluding carboxylic acids is 1. The largest absolute Gasteiger partial charge is 0.493 e. The van der Waals surface area contributed by atoms with Gasteiger partial charge in [0.15, 0.2) is 23.4 Å². The van der Waals surface area contributed by atoms with Gasteiger partial charge in [-0.3, -0.25) is 4.79 Å². The van der Waals surface area contributed by atoms with Crippen LogP contribution in [0.5, 0.6) is 17.2 Å². The van der Waals surface area contributed by atoms with Gasteiger partial charge in [0.25, 0.3) is 5.56 Å². The van der Waals surface area contributed by atoms with Crippen molar-refractivity contribution in [1.29, 1.82) is 0 Å². The molecule has 0 aliphatic carbocycles. The molecule has 204 valence electrons. The number of fused-ring (bicyclic) bond motifs is 2. The first-order valence-electron chi connectivity index (χ1n) is 12.6. The molecule has 0 spiro atoms. The number of ether oxygens (including phenoxy) is 4. The Morgan fingerprint density at radius 3 is 2.45 bits per heavy atom. The van der Waals surface area contributed by atoms with Crippen LogP contribution in [0.4, 0.5) is 0 Å². The summed E-state index contributed by atoms with van der Waals surface area (Å²) in [6, 6.07) is 19.7. The SMILES string of the molecule is CCOC(=O)[C@H](C)Oc1c(OC)cc(C=Nn2c(-c3cc4ccccc4o3)nc3ccccc3c2=O)cc1OC. The van der Waals surface area contributed by atoms with Gasteiger partial charge in [0.2, 0.25) is 11.6 Å². The molecular formula is C30H27N3O7. The lowest BCUT2D eigenvalue weighted by Crippen LogP contribution is -2.26. The van der Waals surface area contributed by atoms with Crippen molar-refractivity contribution >= 4 is 34.1 Å². The summed E-state index contributed by atoms with van der Waals surface area (Å²) in [5.74, 6) is 0.969. The number of nitrogens with zero attached hydrogens (tertiary/aromatic N) is 3. The van der Waals surface area contributed by atoms with E-state index in [4.69, 9.17) is 28.3 Å². The Hall–Kier alpha value is -5.12. The molecule has 0 saturated carbocycles. The Kier molecular flexibility index (Phi) is 7.50. The van der Waals surface area contributed by atoms with Gasteiger partial charge in [-0.15, -0.1) is 0 Å². The zero-order valence-electron chi connectivity index (χ0n) is 22.4. The van der Waals surface area contributed by atoms with Gasteiger partial charge >= 0.3 is 5.97 Å². The predicted molar refractivity (Wildman–Crippen MR) is 150 cm³/mol. The van der Waals surface area contributed by atoms with E-state index >= 15 is 0 Å². The van der Waals surface area contributed by atoms with Gasteiger partial charge in [-0.1, -0.05) is 30.3 Å². The molecule has 5 rings (SSSR count). The monoisotopic (exact) mass is 541 g/mol. The third-order valence-electron chi connectivity index (χ3n) is 6.12. The number of furan rings is 1. The van der Waals surface area contributed by atoms with E-state index in [1.165, 1.54) is 25.1 Å². The van der Waals surface area contributed by atoms with Gasteiger partial charge in [0, 0.05) is 10.9 Å². The second-order valence-corrected chi connectivity index (χ2v) is 8.73. The number of methoxy groups -OCH3 is 2. The summed E-state index contributed by atoms with van der Waals surface area (Å²) in [5.41, 5.74) is 1.37. The van der Waals surface area contributed by atoms with E-state index < -0.39 is 12.1 Å². The van der Waals surface area contributed by atoms with Crippen LogP contribution in [0.25, 0.3) is 33.5 Å². The average molecular weight is 542 g/mol. The Bertz CT molecular complexity index is 1730. The van der Waals surface area contributed by atoms with Gasteiger partial charge < -0.3 is 23.4 Å². The topological polar surface area (TPSA) is 114 Å². The summed E-state index contributed by atoms with van der Waals surface area (Å²) >= 11 is 0. The molecule has 5 aromatic rings. The number of esters is 1. The lowest BCUT2D eigenvalue weighted by Gasteiger charge is -2.18. The van der Waals surface area contributed by atoms with Crippen molar-refractivity contribution in [2.45, 2.75) is 20.0 Å². The highest BCUT2D eigenvalue weighted by Crippen LogP contribution is 2.39. The third-order valence-corrected chi connectivity index (χ3v) is 6.12. The van der Waals surface area contributed by atoms with Crippen molar-refractivity contribution < 1.29 is 28.2 Å². The molecule has 0 saturated heterocycles. The quantitative estimate of drug-likeness (QED) is 0.188. The van der Waals surface area contributed by atoms with E-state index in [2.05, 4.69) is 5.10 Å². The number of carbonyl (C=O) groups is 1. The summed E-state index contributed by atoms with van der Waals surface area (Å²) < 4.78 is 29.1. The Morgan fingerprint density at radius 1 is 1.05 bits per heavy atom. The molecule has 3 aromatic carbocycles. The van der Waals surface area contributed by atoms with Gasteiger partial charge in [-0.25, -0.2) is 9.78 Å². The first-order valence-corrected chi connectivity index (χ1v) is 12.6. The minimum Gasteiger partial charge on any atom is -0.493 e. The molecule has 0 aliphatic rings. The maximum Gasteiger partial charge on any atom is 0.347 e. The Morgan fingerprint density at radius 2 is 1.75 bits per heavy atom. The van der Waals surface area contributed by atoms with E-state index in [0.717, 1.165) is 5.39 Å². The lowest BCUT2D eigenvalue weighted by molar-refractivity contribution is -0.150. The Labute approximate surface area is 229 Å². The first-order chi connectivity index (χ1) is 19.4. The van der Waals surface area contributed by atoms with E-state index in [1.54, 1.807) is 44.2 Å². The van der Waals surface area contributed by atoms with E-state index in [-0.39, 0.29) is 23.7 Å². The fourth-order valence-electron chi connectivity index (χ4n) is 4.18. The number of hydrogen-bond acceptors (Lipinski definition) is 9. The van der Waals surface area contributed by atoms with Crippen molar-refractivity contribution in [3.05, 3.63) is 82.6 Å². The van der Waals surface area contributed by atoms with Crippen LogP contribution in [0.3, 0.4) is 0 Å². The first kappa shape index (κ1) is 26.5. The van der Waals surface area contributed by atoms with E-state index in [9.17, 15) is 9.59 Å². The highest BCUT2D eigenvalue weighted by atomic mass is 16.6. The maximum absolute atomic E-state index is 13.6. The molecule has 10 heteroatoms. The van der Waals surface area contributed by atoms with Gasteiger partial charge in [-0.2, -0.15) is 9.78 Å². The van der Waals surface area contributed by atoms with Crippen LogP contribution in [-0.4, -0.2) is 48.8 Å². The number of aromatic nitrogens is 2. The molecule has 2 heterocycles. The fraction of sp³-hybridized carbons (Fsp3) is 0.200. The second kappa shape index (κ2) is 11.3. The lowest BCUT2D eigenvalue weighted by atomic mass is 10.2. The van der Waals surface area contributed by atoms with Crippen LogP contribution < -0.4 is 19.8 Å². The van der Waals surface area contributed by atoms with Crippen LogP contribution in [0.15, 0.2) is 81.0 Å². The fourth-order valence-corrected chi connectivity index (χ4v) is 4.18. The smallest absolute Gasteiger partial charge is 0.347 e. The minimum absolute atomic E-state index is 0.231. The normalized spacial score (nSPS) is 12.1. The molecular weight excluding hydrogens is 514 g/mol. The zero-order valence-corrected chi connectivity index (χ0v) is 22.4. The van der Waals surface area contributed by atoms with Crippen molar-refractivity contribution in [3.8, 4) is 28.8 Å². The van der Waals surface area contributed by atoms with E-state index in [0.29, 0.717) is 39.3 Å². The maximum atomic E-state index is 13.6. The molecule has 1 atom stereocenters. The second-order valence-electron chi connectivity index (χ2n) is 8.73. The Balaban J connectivity index is 1.59. The highest BCUT2D eigenvalue weighted by molar-refractivity contribution is 5.85. The van der Waals surface area contributed by atoms with Crippen molar-refractivity contribution in [3.63, 3.8) is 0 Å². The molecule has 40 heavy (non-hydrogen) atoms. The summed E-state index contributed by atoms with van der Waals surface area (Å²) in [6.07, 6.45) is 0.587. The van der Waals surface area contributed by atoms with Crippen LogP contribution in [0.2, 0.25) is 0 Å². The zero-order chi connectivity index (χ0) is 28.2. The van der Waals surface area contributed by atoms with Crippen LogP contribution >= 0.6 is 0 Å². The molecule has 0 amide bonds. The van der Waals surface area contributed by atoms with Crippen LogP contribution in [0, 0.1) is 0 Å². The molecule has 0 radical (unpaired) electrons. The molecule has 0 aliphatic heterocycles. The predicted octanol–water partition coefficient (Wildman–Crippen LogP) is 5.04. The third kappa shape index (κ3) is 5.11. The standard InChI is InChI=1S/C30H27N3O7/c1-5-38-30(35)18(2)39-27-24(36-3)14-19(15-25(27)37-4)17-31-33-28(26-16-20-10-6-9-13-23(20)40-26)32-22-12-8-7-11-21(22)29(33)34/h6-18H,5H2,1-4H3/t18-/m0/s1. The number of hydrogen-bond donors (Lipinski definition) is 0. The van der Waals surface area contributed by atoms with Crippen LogP contribution in [0.1, 0.15) is 19.4 Å². The van der Waals surface area contributed by atoms with Gasteiger partial charge in [0.1, 0.15) is 5.58 Å². The van der Waals surface area contributed by atoms with Crippen molar-refractivity contribution in [1.82, 2.24) is 9.66 Å². The molecule has 0 N–H and O–H groups in total. The highest BCUT2D eigenvalue weighted by Gasteiger charge is 2.22.